The van der Waals surface area contributed by atoms with Gasteiger partial charge in [0.1, 0.15) is 10.6 Å². The molecule has 158 valence electrons. The highest BCUT2D eigenvalue weighted by Gasteiger charge is 2.29. The fraction of sp³-hybridized carbons (Fsp3) is 0.333. The van der Waals surface area contributed by atoms with E-state index in [4.69, 9.17) is 14.7 Å². The maximum Gasteiger partial charge on any atom is 0.246 e. The van der Waals surface area contributed by atoms with Crippen LogP contribution >= 0.6 is 0 Å². The molecule has 0 aliphatic carbocycles. The molecule has 30 heavy (non-hydrogen) atoms. The number of anilines is 1. The average molecular weight is 429 g/mol. The quantitative estimate of drug-likeness (QED) is 0.694. The summed E-state index contributed by atoms with van der Waals surface area (Å²) in [4.78, 5) is 14.2. The van der Waals surface area contributed by atoms with Gasteiger partial charge >= 0.3 is 0 Å². The van der Waals surface area contributed by atoms with Crippen LogP contribution in [0.1, 0.15) is 11.1 Å². The zero-order chi connectivity index (χ0) is 21.7. The Bertz CT molecular complexity index is 1070. The third-order valence-electron chi connectivity index (χ3n) is 4.91. The molecule has 2 aromatic rings. The first-order valence-electron chi connectivity index (χ1n) is 9.38. The first kappa shape index (κ1) is 21.8. The molecule has 2 aromatic carbocycles. The number of carbonyl (C=O) groups excluding carboxylic acids is 1. The molecule has 1 amide bonds. The average Bonchev–Trinajstić information content (AvgIpc) is 2.79. The molecule has 0 saturated carbocycles. The summed E-state index contributed by atoms with van der Waals surface area (Å²) in [5.74, 6) is -0.00209. The zero-order valence-corrected chi connectivity index (χ0v) is 17.7. The van der Waals surface area contributed by atoms with Gasteiger partial charge in [0.25, 0.3) is 0 Å². The van der Waals surface area contributed by atoms with Crippen LogP contribution in [0.2, 0.25) is 0 Å². The van der Waals surface area contributed by atoms with Gasteiger partial charge in [-0.2, -0.15) is 9.57 Å². The van der Waals surface area contributed by atoms with E-state index in [1.807, 2.05) is 6.07 Å². The standard InChI is InChI=1S/C21H23N3O5S/c1-23(18-5-3-4-17(12-18)15-22)21(25)14-16-6-7-19(28-2)20(13-16)30(26,27)24-8-10-29-11-9-24/h3-7,12-13H,8-11,14H2,1-2H3. The number of hydrogen-bond donors (Lipinski definition) is 0. The molecule has 8 nitrogen and oxygen atoms in total. The molecule has 1 fully saturated rings. The van der Waals surface area contributed by atoms with Gasteiger partial charge in [-0.05, 0) is 35.9 Å². The first-order chi connectivity index (χ1) is 14.4. The minimum atomic E-state index is -3.78. The fourth-order valence-electron chi connectivity index (χ4n) is 3.18. The number of rotatable bonds is 6. The lowest BCUT2D eigenvalue weighted by atomic mass is 10.1. The molecule has 1 aliphatic rings. The van der Waals surface area contributed by atoms with Crippen molar-refractivity contribution in [2.24, 2.45) is 0 Å². The van der Waals surface area contributed by atoms with Gasteiger partial charge in [0.2, 0.25) is 15.9 Å². The molecule has 0 bridgehead atoms. The number of hydrogen-bond acceptors (Lipinski definition) is 6. The van der Waals surface area contributed by atoms with Crippen LogP contribution in [0.3, 0.4) is 0 Å². The number of sulfonamides is 1. The summed E-state index contributed by atoms with van der Waals surface area (Å²) in [5, 5.41) is 9.05. The van der Waals surface area contributed by atoms with E-state index in [0.717, 1.165) is 0 Å². The largest absolute Gasteiger partial charge is 0.495 e. The van der Waals surface area contributed by atoms with Gasteiger partial charge in [-0.3, -0.25) is 4.79 Å². The first-order valence-corrected chi connectivity index (χ1v) is 10.8. The van der Waals surface area contributed by atoms with Crippen LogP contribution in [0.25, 0.3) is 0 Å². The molecule has 1 heterocycles. The summed E-state index contributed by atoms with van der Waals surface area (Å²) in [6.45, 7) is 1.22. The van der Waals surface area contributed by atoms with Crippen molar-refractivity contribution in [1.82, 2.24) is 4.31 Å². The van der Waals surface area contributed by atoms with Crippen LogP contribution in [0.5, 0.6) is 5.75 Å². The SMILES string of the molecule is COc1ccc(CC(=O)N(C)c2cccc(C#N)c2)cc1S(=O)(=O)N1CCOCC1. The van der Waals surface area contributed by atoms with Gasteiger partial charge < -0.3 is 14.4 Å². The number of nitrogens with zero attached hydrogens (tertiary/aromatic N) is 3. The highest BCUT2D eigenvalue weighted by atomic mass is 32.2. The van der Waals surface area contributed by atoms with Gasteiger partial charge in [0, 0.05) is 25.8 Å². The Labute approximate surface area is 176 Å². The zero-order valence-electron chi connectivity index (χ0n) is 16.9. The van der Waals surface area contributed by atoms with Gasteiger partial charge in [0.05, 0.1) is 38.4 Å². The molecule has 1 saturated heterocycles. The maximum absolute atomic E-state index is 13.1. The van der Waals surface area contributed by atoms with Crippen molar-refractivity contribution in [2.75, 3.05) is 45.4 Å². The van der Waals surface area contributed by atoms with E-state index in [-0.39, 0.29) is 36.1 Å². The summed E-state index contributed by atoms with van der Waals surface area (Å²) >= 11 is 0. The number of morpholine rings is 1. The van der Waals surface area contributed by atoms with E-state index in [1.165, 1.54) is 22.4 Å². The predicted octanol–water partition coefficient (Wildman–Crippen LogP) is 1.79. The molecular formula is C21H23N3O5S. The predicted molar refractivity (Wildman–Crippen MR) is 111 cm³/mol. The van der Waals surface area contributed by atoms with E-state index < -0.39 is 10.0 Å². The van der Waals surface area contributed by atoms with Crippen molar-refractivity contribution in [3.8, 4) is 11.8 Å². The maximum atomic E-state index is 13.1. The summed E-state index contributed by atoms with van der Waals surface area (Å²) in [6.07, 6.45) is 0.00288. The Balaban J connectivity index is 1.85. The van der Waals surface area contributed by atoms with Gasteiger partial charge in [0.15, 0.2) is 0 Å². The number of benzene rings is 2. The monoisotopic (exact) mass is 429 g/mol. The van der Waals surface area contributed by atoms with Crippen molar-refractivity contribution in [3.63, 3.8) is 0 Å². The highest BCUT2D eigenvalue weighted by molar-refractivity contribution is 7.89. The Kier molecular flexibility index (Phi) is 6.72. The summed E-state index contributed by atoms with van der Waals surface area (Å²) in [7, 11) is -0.747. The second kappa shape index (κ2) is 9.26. The van der Waals surface area contributed by atoms with Crippen LogP contribution in [0, 0.1) is 11.3 Å². The normalized spacial score (nSPS) is 14.7. The lowest BCUT2D eigenvalue weighted by molar-refractivity contribution is -0.117. The van der Waals surface area contributed by atoms with Crippen molar-refractivity contribution < 1.29 is 22.7 Å². The summed E-state index contributed by atoms with van der Waals surface area (Å²) in [6, 6.07) is 13.5. The Morgan fingerprint density at radius 3 is 2.63 bits per heavy atom. The molecule has 3 rings (SSSR count). The second-order valence-corrected chi connectivity index (χ2v) is 8.70. The van der Waals surface area contributed by atoms with Crippen molar-refractivity contribution >= 4 is 21.6 Å². The topological polar surface area (TPSA) is 99.9 Å². The highest BCUT2D eigenvalue weighted by Crippen LogP contribution is 2.29. The summed E-state index contributed by atoms with van der Waals surface area (Å²) in [5.41, 5.74) is 1.60. The molecule has 0 atom stereocenters. The van der Waals surface area contributed by atoms with Crippen LogP contribution in [0.15, 0.2) is 47.4 Å². The molecule has 0 spiro atoms. The minimum absolute atomic E-state index is 0.00288. The van der Waals surface area contributed by atoms with Gasteiger partial charge in [-0.15, -0.1) is 0 Å². The lowest BCUT2D eigenvalue weighted by Gasteiger charge is -2.27. The van der Waals surface area contributed by atoms with E-state index >= 15 is 0 Å². The van der Waals surface area contributed by atoms with Crippen LogP contribution in [0.4, 0.5) is 5.69 Å². The van der Waals surface area contributed by atoms with E-state index in [2.05, 4.69) is 0 Å². The molecular weight excluding hydrogens is 406 g/mol. The van der Waals surface area contributed by atoms with E-state index in [1.54, 1.807) is 43.4 Å². The third-order valence-corrected chi connectivity index (χ3v) is 6.83. The van der Waals surface area contributed by atoms with Crippen molar-refractivity contribution in [2.45, 2.75) is 11.3 Å². The second-order valence-electron chi connectivity index (χ2n) is 6.79. The van der Waals surface area contributed by atoms with Crippen LogP contribution < -0.4 is 9.64 Å². The molecule has 9 heteroatoms. The lowest BCUT2D eigenvalue weighted by Crippen LogP contribution is -2.40. The van der Waals surface area contributed by atoms with E-state index in [0.29, 0.717) is 30.0 Å². The van der Waals surface area contributed by atoms with Crippen LogP contribution in [-0.2, 0) is 26.0 Å². The van der Waals surface area contributed by atoms with Gasteiger partial charge in [-0.1, -0.05) is 12.1 Å². The van der Waals surface area contributed by atoms with Gasteiger partial charge in [-0.25, -0.2) is 8.42 Å². The number of methoxy groups -OCH3 is 1. The number of ether oxygens (including phenoxy) is 2. The third kappa shape index (κ3) is 4.62. The Morgan fingerprint density at radius 2 is 1.97 bits per heavy atom. The number of likely N-dealkylation sites (N-methyl/N-ethyl adjacent to an activating group) is 1. The molecule has 0 aromatic heterocycles. The Hall–Kier alpha value is -2.93. The van der Waals surface area contributed by atoms with Crippen molar-refractivity contribution in [1.29, 1.82) is 5.26 Å². The fourth-order valence-corrected chi connectivity index (χ4v) is 4.79. The minimum Gasteiger partial charge on any atom is -0.495 e. The van der Waals surface area contributed by atoms with Crippen molar-refractivity contribution in [3.05, 3.63) is 53.6 Å². The molecule has 0 unspecified atom stereocenters. The molecule has 0 radical (unpaired) electrons. The molecule has 1 aliphatic heterocycles. The van der Waals surface area contributed by atoms with Crippen LogP contribution in [-0.4, -0.2) is 59.1 Å². The smallest absolute Gasteiger partial charge is 0.246 e. The van der Waals surface area contributed by atoms with E-state index in [9.17, 15) is 13.2 Å². The number of amides is 1. The Morgan fingerprint density at radius 1 is 1.23 bits per heavy atom. The molecule has 0 N–H and O–H groups in total. The summed E-state index contributed by atoms with van der Waals surface area (Å²) < 4.78 is 38.1. The number of carbonyl (C=O) groups is 1. The number of nitriles is 1.